The number of pyridine rings is 1. The second kappa shape index (κ2) is 4.65. The maximum Gasteiger partial charge on any atom is 0.0535 e. The summed E-state index contributed by atoms with van der Waals surface area (Å²) in [5, 5.41) is 0. The van der Waals surface area contributed by atoms with E-state index in [0.29, 0.717) is 5.92 Å². The Hall–Kier alpha value is -1.09. The van der Waals surface area contributed by atoms with E-state index in [1.165, 1.54) is 50.8 Å². The number of rotatable bonds is 2. The van der Waals surface area contributed by atoms with Gasteiger partial charge in [-0.05, 0) is 56.3 Å². The Morgan fingerprint density at radius 1 is 1.18 bits per heavy atom. The molecule has 0 aromatic carbocycles. The Kier molecular flexibility index (Phi) is 3.02. The third-order valence-corrected chi connectivity index (χ3v) is 4.35. The molecule has 0 spiro atoms. The molecule has 3 nitrogen and oxygen atoms in total. The summed E-state index contributed by atoms with van der Waals surface area (Å²) in [6.07, 6.45) is 10.4. The van der Waals surface area contributed by atoms with Gasteiger partial charge in [0.05, 0.1) is 11.9 Å². The van der Waals surface area contributed by atoms with Crippen molar-refractivity contribution >= 4 is 5.69 Å². The van der Waals surface area contributed by atoms with Crippen LogP contribution in [-0.4, -0.2) is 29.0 Å². The normalized spacial score (nSPS) is 29.9. The van der Waals surface area contributed by atoms with Gasteiger partial charge in [-0.3, -0.25) is 4.98 Å². The fraction of sp³-hybridized carbons (Fsp3) is 0.643. The van der Waals surface area contributed by atoms with Gasteiger partial charge >= 0.3 is 0 Å². The molecule has 2 heterocycles. The van der Waals surface area contributed by atoms with Crippen molar-refractivity contribution in [3.8, 4) is 0 Å². The van der Waals surface area contributed by atoms with Crippen LogP contribution in [0, 0.1) is 0 Å². The van der Waals surface area contributed by atoms with E-state index >= 15 is 0 Å². The Bertz CT molecular complexity index is 379. The first-order chi connectivity index (χ1) is 8.34. The van der Waals surface area contributed by atoms with Crippen LogP contribution in [0.15, 0.2) is 18.5 Å². The van der Waals surface area contributed by atoms with E-state index in [2.05, 4.69) is 16.0 Å². The quantitative estimate of drug-likeness (QED) is 0.850. The van der Waals surface area contributed by atoms with Gasteiger partial charge in [-0.1, -0.05) is 6.42 Å². The highest BCUT2D eigenvalue weighted by molar-refractivity contribution is 5.47. The second-order valence-corrected chi connectivity index (χ2v) is 5.42. The predicted octanol–water partition coefficient (Wildman–Crippen LogP) is 2.40. The summed E-state index contributed by atoms with van der Waals surface area (Å²) >= 11 is 0. The summed E-state index contributed by atoms with van der Waals surface area (Å²) in [5.74, 6) is 0.671. The molecule has 1 aromatic rings. The van der Waals surface area contributed by atoms with Gasteiger partial charge < -0.3 is 10.6 Å². The molecule has 0 amide bonds. The maximum atomic E-state index is 5.98. The summed E-state index contributed by atoms with van der Waals surface area (Å²) in [5.41, 5.74) is 8.16. The molecular formula is C14H21N3. The van der Waals surface area contributed by atoms with Crippen molar-refractivity contribution < 1.29 is 0 Å². The summed E-state index contributed by atoms with van der Waals surface area (Å²) in [7, 11) is 0. The van der Waals surface area contributed by atoms with E-state index < -0.39 is 0 Å². The van der Waals surface area contributed by atoms with Crippen LogP contribution < -0.4 is 5.73 Å². The van der Waals surface area contributed by atoms with E-state index in [9.17, 15) is 0 Å². The zero-order valence-electron chi connectivity index (χ0n) is 10.3. The van der Waals surface area contributed by atoms with Crippen molar-refractivity contribution in [1.82, 2.24) is 9.88 Å². The number of nitrogens with zero attached hydrogens (tertiary/aromatic N) is 2. The molecule has 0 atom stereocenters. The lowest BCUT2D eigenvalue weighted by molar-refractivity contribution is 0.0890. The van der Waals surface area contributed by atoms with Crippen LogP contribution >= 0.6 is 0 Å². The van der Waals surface area contributed by atoms with Gasteiger partial charge in [-0.25, -0.2) is 0 Å². The lowest BCUT2D eigenvalue weighted by Gasteiger charge is -2.45. The van der Waals surface area contributed by atoms with Gasteiger partial charge in [-0.2, -0.15) is 0 Å². The fourth-order valence-electron chi connectivity index (χ4n) is 3.21. The number of piperidine rings is 1. The average Bonchev–Trinajstić information content (AvgIpc) is 2.31. The van der Waals surface area contributed by atoms with Crippen molar-refractivity contribution in [2.45, 2.75) is 44.1 Å². The van der Waals surface area contributed by atoms with Crippen molar-refractivity contribution in [2.24, 2.45) is 0 Å². The molecule has 1 saturated heterocycles. The number of likely N-dealkylation sites (tertiary alicyclic amines) is 1. The maximum absolute atomic E-state index is 5.98. The smallest absolute Gasteiger partial charge is 0.0535 e. The van der Waals surface area contributed by atoms with Gasteiger partial charge in [0.25, 0.3) is 0 Å². The molecule has 1 aliphatic carbocycles. The summed E-state index contributed by atoms with van der Waals surface area (Å²) in [4.78, 5) is 6.74. The van der Waals surface area contributed by atoms with Gasteiger partial charge in [0.15, 0.2) is 0 Å². The van der Waals surface area contributed by atoms with Crippen LogP contribution in [0.2, 0.25) is 0 Å². The topological polar surface area (TPSA) is 42.1 Å². The fourth-order valence-corrected chi connectivity index (χ4v) is 3.21. The Labute approximate surface area is 103 Å². The highest BCUT2D eigenvalue weighted by Gasteiger charge is 2.35. The lowest BCUT2D eigenvalue weighted by atomic mass is 9.74. The van der Waals surface area contributed by atoms with Crippen molar-refractivity contribution in [1.29, 1.82) is 0 Å². The van der Waals surface area contributed by atoms with E-state index in [0.717, 1.165) is 11.7 Å². The molecule has 3 heteroatoms. The molecule has 1 aromatic heterocycles. The van der Waals surface area contributed by atoms with E-state index in [4.69, 9.17) is 5.73 Å². The molecule has 1 saturated carbocycles. The molecule has 3 rings (SSSR count). The number of nitrogen functional groups attached to an aromatic ring is 1. The predicted molar refractivity (Wildman–Crippen MR) is 69.8 cm³/mol. The van der Waals surface area contributed by atoms with Crippen molar-refractivity contribution in [3.05, 3.63) is 24.0 Å². The van der Waals surface area contributed by atoms with Crippen LogP contribution in [0.1, 0.15) is 43.6 Å². The van der Waals surface area contributed by atoms with Gasteiger partial charge in [0.2, 0.25) is 0 Å². The van der Waals surface area contributed by atoms with Crippen LogP contribution in [0.4, 0.5) is 5.69 Å². The molecule has 0 bridgehead atoms. The molecule has 1 aliphatic heterocycles. The molecule has 92 valence electrons. The van der Waals surface area contributed by atoms with Crippen LogP contribution in [-0.2, 0) is 0 Å². The minimum atomic E-state index is 0.671. The van der Waals surface area contributed by atoms with E-state index in [-0.39, 0.29) is 0 Å². The minimum Gasteiger partial charge on any atom is -0.397 e. The van der Waals surface area contributed by atoms with E-state index in [1.54, 1.807) is 6.20 Å². The number of anilines is 1. The van der Waals surface area contributed by atoms with E-state index in [1.807, 2.05) is 6.20 Å². The summed E-state index contributed by atoms with van der Waals surface area (Å²) < 4.78 is 0. The first kappa shape index (κ1) is 11.0. The number of hydrogen-bond acceptors (Lipinski definition) is 3. The number of aromatic nitrogens is 1. The highest BCUT2D eigenvalue weighted by atomic mass is 15.2. The molecule has 2 fully saturated rings. The third-order valence-electron chi connectivity index (χ3n) is 4.35. The second-order valence-electron chi connectivity index (χ2n) is 5.42. The first-order valence-corrected chi connectivity index (χ1v) is 6.78. The van der Waals surface area contributed by atoms with Gasteiger partial charge in [-0.15, -0.1) is 0 Å². The number of nitrogens with two attached hydrogens (primary N) is 1. The zero-order chi connectivity index (χ0) is 11.7. The Morgan fingerprint density at radius 2 is 1.94 bits per heavy atom. The zero-order valence-corrected chi connectivity index (χ0v) is 10.3. The van der Waals surface area contributed by atoms with Crippen molar-refractivity contribution in [2.75, 3.05) is 18.8 Å². The lowest BCUT2D eigenvalue weighted by Crippen LogP contribution is -2.46. The molecular weight excluding hydrogens is 210 g/mol. The van der Waals surface area contributed by atoms with Crippen LogP contribution in [0.3, 0.4) is 0 Å². The number of hydrogen-bond donors (Lipinski definition) is 1. The largest absolute Gasteiger partial charge is 0.397 e. The first-order valence-electron chi connectivity index (χ1n) is 6.78. The van der Waals surface area contributed by atoms with Crippen molar-refractivity contribution in [3.63, 3.8) is 0 Å². The SMILES string of the molecule is Nc1cnccc1C1CC(N2CCCCC2)C1. The Balaban J connectivity index is 1.59. The molecule has 2 N–H and O–H groups in total. The third kappa shape index (κ3) is 2.16. The molecule has 17 heavy (non-hydrogen) atoms. The summed E-state index contributed by atoms with van der Waals surface area (Å²) in [6, 6.07) is 2.90. The Morgan fingerprint density at radius 3 is 2.65 bits per heavy atom. The highest BCUT2D eigenvalue weighted by Crippen LogP contribution is 2.42. The van der Waals surface area contributed by atoms with Crippen LogP contribution in [0.25, 0.3) is 0 Å². The van der Waals surface area contributed by atoms with Gasteiger partial charge in [0.1, 0.15) is 0 Å². The van der Waals surface area contributed by atoms with Crippen LogP contribution in [0.5, 0.6) is 0 Å². The summed E-state index contributed by atoms with van der Waals surface area (Å²) in [6.45, 7) is 2.62. The molecule has 0 radical (unpaired) electrons. The average molecular weight is 231 g/mol. The molecule has 2 aliphatic rings. The minimum absolute atomic E-state index is 0.671. The molecule has 0 unspecified atom stereocenters. The van der Waals surface area contributed by atoms with Gasteiger partial charge in [0, 0.05) is 12.2 Å². The standard InChI is InChI=1S/C14H21N3/c15-14-10-16-5-4-13(14)11-8-12(9-11)17-6-2-1-3-7-17/h4-5,10-12H,1-3,6-9,15H2. The monoisotopic (exact) mass is 231 g/mol.